The molecule has 0 saturated heterocycles. The fourth-order valence-corrected chi connectivity index (χ4v) is 1.76. The third-order valence-electron chi connectivity index (χ3n) is 2.43. The first-order chi connectivity index (χ1) is 8.22. The lowest BCUT2D eigenvalue weighted by atomic mass is 10.2. The number of halogens is 1. The molecule has 90 valence electrons. The summed E-state index contributed by atoms with van der Waals surface area (Å²) in [5.74, 6) is 1.47. The smallest absolute Gasteiger partial charge is 0.169 e. The van der Waals surface area contributed by atoms with E-state index in [4.69, 9.17) is 16.3 Å². The van der Waals surface area contributed by atoms with Gasteiger partial charge in [0.1, 0.15) is 5.75 Å². The van der Waals surface area contributed by atoms with E-state index in [9.17, 15) is 0 Å². The molecule has 0 amide bonds. The average Bonchev–Trinajstić information content (AvgIpc) is 2.78. The van der Waals surface area contributed by atoms with Crippen LogP contribution in [0.1, 0.15) is 23.7 Å². The summed E-state index contributed by atoms with van der Waals surface area (Å²) in [7, 11) is 1.64. The van der Waals surface area contributed by atoms with Gasteiger partial charge < -0.3 is 4.74 Å². The zero-order valence-electron chi connectivity index (χ0n) is 9.67. The van der Waals surface area contributed by atoms with E-state index in [1.54, 1.807) is 11.8 Å². The highest BCUT2D eigenvalue weighted by Crippen LogP contribution is 2.21. The van der Waals surface area contributed by atoms with Crippen molar-refractivity contribution in [1.82, 2.24) is 20.2 Å². The van der Waals surface area contributed by atoms with Gasteiger partial charge in [0, 0.05) is 5.56 Å². The lowest BCUT2D eigenvalue weighted by Gasteiger charge is -2.09. The molecule has 5 nitrogen and oxygen atoms in total. The van der Waals surface area contributed by atoms with Crippen molar-refractivity contribution >= 4 is 11.6 Å². The van der Waals surface area contributed by atoms with Crippen molar-refractivity contribution in [2.24, 2.45) is 0 Å². The first-order valence-corrected chi connectivity index (χ1v) is 5.68. The van der Waals surface area contributed by atoms with Crippen LogP contribution in [0, 0.1) is 0 Å². The van der Waals surface area contributed by atoms with E-state index in [1.807, 2.05) is 31.2 Å². The summed E-state index contributed by atoms with van der Waals surface area (Å²) in [6.45, 7) is 2.38. The van der Waals surface area contributed by atoms with Gasteiger partial charge in [0.15, 0.2) is 5.82 Å². The van der Waals surface area contributed by atoms with Crippen LogP contribution in [0.2, 0.25) is 0 Å². The largest absolute Gasteiger partial charge is 0.496 e. The van der Waals surface area contributed by atoms with Crippen LogP contribution in [0.3, 0.4) is 0 Å². The number of benzene rings is 1. The van der Waals surface area contributed by atoms with Crippen molar-refractivity contribution in [3.63, 3.8) is 0 Å². The van der Waals surface area contributed by atoms with Crippen molar-refractivity contribution in [2.45, 2.75) is 18.8 Å². The Bertz CT molecular complexity index is 498. The predicted molar refractivity (Wildman–Crippen MR) is 64.2 cm³/mol. The summed E-state index contributed by atoms with van der Waals surface area (Å²) in [6.07, 6.45) is 0. The molecule has 0 bridgehead atoms. The van der Waals surface area contributed by atoms with Crippen molar-refractivity contribution in [3.8, 4) is 5.75 Å². The second-order valence-corrected chi connectivity index (χ2v) is 4.28. The summed E-state index contributed by atoms with van der Waals surface area (Å²) in [4.78, 5) is 0. The second kappa shape index (κ2) is 5.14. The van der Waals surface area contributed by atoms with Gasteiger partial charge in [-0.15, -0.1) is 16.7 Å². The molecule has 17 heavy (non-hydrogen) atoms. The molecule has 0 aliphatic rings. The third-order valence-corrected chi connectivity index (χ3v) is 2.62. The first-order valence-electron chi connectivity index (χ1n) is 5.24. The molecule has 1 aromatic carbocycles. The number of para-hydroxylation sites is 1. The Kier molecular flexibility index (Phi) is 3.58. The number of alkyl halides is 1. The van der Waals surface area contributed by atoms with Crippen molar-refractivity contribution < 1.29 is 4.74 Å². The highest BCUT2D eigenvalue weighted by Gasteiger charge is 2.13. The molecule has 1 aromatic heterocycles. The Balaban J connectivity index is 2.28. The van der Waals surface area contributed by atoms with Gasteiger partial charge in [0.25, 0.3) is 0 Å². The topological polar surface area (TPSA) is 52.8 Å². The molecule has 0 saturated carbocycles. The normalized spacial score (nSPS) is 12.4. The summed E-state index contributed by atoms with van der Waals surface area (Å²) in [6, 6.07) is 7.76. The van der Waals surface area contributed by atoms with E-state index in [1.165, 1.54) is 0 Å². The van der Waals surface area contributed by atoms with Gasteiger partial charge in [-0.1, -0.05) is 18.2 Å². The SMILES string of the molecule is COc1ccccc1Cn1nnnc1C(C)Cl. The van der Waals surface area contributed by atoms with Crippen LogP contribution >= 0.6 is 11.6 Å². The van der Waals surface area contributed by atoms with Crippen LogP contribution in [-0.4, -0.2) is 27.3 Å². The zero-order valence-corrected chi connectivity index (χ0v) is 10.4. The monoisotopic (exact) mass is 252 g/mol. The summed E-state index contributed by atoms with van der Waals surface area (Å²) in [5, 5.41) is 11.2. The van der Waals surface area contributed by atoms with Gasteiger partial charge in [-0.05, 0) is 23.4 Å². The maximum absolute atomic E-state index is 5.99. The molecule has 0 N–H and O–H groups in total. The zero-order chi connectivity index (χ0) is 12.3. The molecule has 1 atom stereocenters. The highest BCUT2D eigenvalue weighted by atomic mass is 35.5. The van der Waals surface area contributed by atoms with E-state index >= 15 is 0 Å². The molecule has 1 unspecified atom stereocenters. The summed E-state index contributed by atoms with van der Waals surface area (Å²) >= 11 is 5.99. The van der Waals surface area contributed by atoms with E-state index in [-0.39, 0.29) is 5.38 Å². The van der Waals surface area contributed by atoms with Crippen molar-refractivity contribution in [2.75, 3.05) is 7.11 Å². The number of tetrazole rings is 1. The maximum Gasteiger partial charge on any atom is 0.169 e. The molecule has 0 radical (unpaired) electrons. The molecule has 2 rings (SSSR count). The minimum Gasteiger partial charge on any atom is -0.496 e. The van der Waals surface area contributed by atoms with Gasteiger partial charge >= 0.3 is 0 Å². The standard InChI is InChI=1S/C11H13ClN4O/c1-8(12)11-13-14-15-16(11)7-9-5-3-4-6-10(9)17-2/h3-6,8H,7H2,1-2H3. The Morgan fingerprint density at radius 3 is 2.88 bits per heavy atom. The quantitative estimate of drug-likeness (QED) is 0.782. The fourth-order valence-electron chi connectivity index (χ4n) is 1.60. The lowest BCUT2D eigenvalue weighted by Crippen LogP contribution is -2.08. The summed E-state index contributed by atoms with van der Waals surface area (Å²) in [5.41, 5.74) is 1.01. The number of ether oxygens (including phenoxy) is 1. The van der Waals surface area contributed by atoms with E-state index in [0.717, 1.165) is 11.3 Å². The minimum atomic E-state index is -0.222. The Hall–Kier alpha value is -1.62. The van der Waals surface area contributed by atoms with Crippen LogP contribution in [0.15, 0.2) is 24.3 Å². The van der Waals surface area contributed by atoms with Crippen molar-refractivity contribution in [1.29, 1.82) is 0 Å². The Morgan fingerprint density at radius 2 is 2.18 bits per heavy atom. The molecule has 1 heterocycles. The van der Waals surface area contributed by atoms with Crippen LogP contribution in [0.4, 0.5) is 0 Å². The highest BCUT2D eigenvalue weighted by molar-refractivity contribution is 6.20. The van der Waals surface area contributed by atoms with Crippen LogP contribution < -0.4 is 4.74 Å². The molecule has 6 heteroatoms. The number of aromatic nitrogens is 4. The Morgan fingerprint density at radius 1 is 1.41 bits per heavy atom. The minimum absolute atomic E-state index is 0.222. The molecule has 0 fully saturated rings. The summed E-state index contributed by atoms with van der Waals surface area (Å²) < 4.78 is 6.96. The molecule has 0 aliphatic heterocycles. The molecule has 0 aliphatic carbocycles. The number of hydrogen-bond acceptors (Lipinski definition) is 4. The second-order valence-electron chi connectivity index (χ2n) is 3.62. The van der Waals surface area contributed by atoms with Crippen molar-refractivity contribution in [3.05, 3.63) is 35.7 Å². The average molecular weight is 253 g/mol. The van der Waals surface area contributed by atoms with Crippen LogP contribution in [0.5, 0.6) is 5.75 Å². The number of methoxy groups -OCH3 is 1. The predicted octanol–water partition coefficient (Wildman–Crippen LogP) is 2.03. The lowest BCUT2D eigenvalue weighted by molar-refractivity contribution is 0.406. The first kappa shape index (κ1) is 11.9. The van der Waals surface area contributed by atoms with Gasteiger partial charge in [-0.2, -0.15) is 0 Å². The van der Waals surface area contributed by atoms with Gasteiger partial charge in [0.05, 0.1) is 19.0 Å². The van der Waals surface area contributed by atoms with Gasteiger partial charge in [-0.3, -0.25) is 0 Å². The molecular formula is C11H13ClN4O. The Labute approximate surface area is 104 Å². The van der Waals surface area contributed by atoms with Crippen LogP contribution in [0.25, 0.3) is 0 Å². The van der Waals surface area contributed by atoms with Crippen LogP contribution in [-0.2, 0) is 6.54 Å². The maximum atomic E-state index is 5.99. The number of rotatable bonds is 4. The number of hydrogen-bond donors (Lipinski definition) is 0. The van der Waals surface area contributed by atoms with Gasteiger partial charge in [-0.25, -0.2) is 4.68 Å². The van der Waals surface area contributed by atoms with E-state index < -0.39 is 0 Å². The fraction of sp³-hybridized carbons (Fsp3) is 0.364. The molecule has 2 aromatic rings. The van der Waals surface area contributed by atoms with E-state index in [2.05, 4.69) is 15.5 Å². The van der Waals surface area contributed by atoms with Gasteiger partial charge in [0.2, 0.25) is 0 Å². The molecular weight excluding hydrogens is 240 g/mol. The molecule has 0 spiro atoms. The number of nitrogens with zero attached hydrogens (tertiary/aromatic N) is 4. The van der Waals surface area contributed by atoms with E-state index in [0.29, 0.717) is 12.4 Å². The third kappa shape index (κ3) is 2.55.